The minimum atomic E-state index is -0.198. The van der Waals surface area contributed by atoms with Gasteiger partial charge in [-0.1, -0.05) is 0 Å². The number of unbranched alkanes of at least 4 members (excludes halogenated alkanes) is 1. The number of aromatic hydroxyl groups is 1. The summed E-state index contributed by atoms with van der Waals surface area (Å²) < 4.78 is 16.4. The smallest absolute Gasteiger partial charge is 0.331 e. The Hall–Kier alpha value is -2.28. The number of benzene rings is 1. The van der Waals surface area contributed by atoms with Crippen LogP contribution in [-0.4, -0.2) is 51.9 Å². The van der Waals surface area contributed by atoms with Gasteiger partial charge in [0.2, 0.25) is 5.88 Å². The molecule has 7 heteroatoms. The molecule has 0 aliphatic carbocycles. The molecule has 6 nitrogen and oxygen atoms in total. The summed E-state index contributed by atoms with van der Waals surface area (Å²) in [6.07, 6.45) is 4.74. The van der Waals surface area contributed by atoms with Gasteiger partial charge in [-0.15, -0.1) is 0 Å². The van der Waals surface area contributed by atoms with Crippen molar-refractivity contribution in [1.29, 1.82) is 0 Å². The van der Waals surface area contributed by atoms with Crippen LogP contribution in [0, 0.1) is 5.82 Å². The molecule has 1 fully saturated rings. The van der Waals surface area contributed by atoms with Crippen molar-refractivity contribution in [2.45, 2.75) is 45.2 Å². The minimum Gasteiger partial charge on any atom is -0.493 e. The van der Waals surface area contributed by atoms with Crippen LogP contribution < -0.4 is 10.6 Å². The van der Waals surface area contributed by atoms with E-state index in [2.05, 4.69) is 9.80 Å². The lowest BCUT2D eigenvalue weighted by Gasteiger charge is -2.36. The zero-order valence-electron chi connectivity index (χ0n) is 16.3. The summed E-state index contributed by atoms with van der Waals surface area (Å²) in [5.74, 6) is -0.0192. The Bertz CT molecular complexity index is 851. The molecular formula is C21H29FN4O2. The lowest BCUT2D eigenvalue weighted by atomic mass is 10.1. The van der Waals surface area contributed by atoms with Crippen molar-refractivity contribution in [2.75, 3.05) is 37.6 Å². The fraction of sp³-hybridized carbons (Fsp3) is 0.571. The van der Waals surface area contributed by atoms with Crippen molar-refractivity contribution >= 4 is 5.69 Å². The van der Waals surface area contributed by atoms with E-state index in [1.807, 2.05) is 12.1 Å². The van der Waals surface area contributed by atoms with Crippen LogP contribution in [-0.2, 0) is 19.5 Å². The van der Waals surface area contributed by atoms with Crippen LogP contribution in [0.4, 0.5) is 10.1 Å². The molecule has 1 N–H and O–H groups in total. The predicted molar refractivity (Wildman–Crippen MR) is 108 cm³/mol. The fourth-order valence-corrected chi connectivity index (χ4v) is 4.36. The van der Waals surface area contributed by atoms with Crippen LogP contribution in [0.25, 0.3) is 0 Å². The lowest BCUT2D eigenvalue weighted by molar-refractivity contribution is 0.250. The Morgan fingerprint density at radius 3 is 2.36 bits per heavy atom. The molecule has 0 unspecified atom stereocenters. The number of hydrogen-bond donors (Lipinski definition) is 1. The van der Waals surface area contributed by atoms with Crippen LogP contribution in [0.15, 0.2) is 29.1 Å². The van der Waals surface area contributed by atoms with E-state index in [1.165, 1.54) is 12.1 Å². The van der Waals surface area contributed by atoms with Crippen molar-refractivity contribution in [3.63, 3.8) is 0 Å². The normalized spacial score (nSPS) is 17.7. The first-order valence-corrected chi connectivity index (χ1v) is 10.4. The molecular weight excluding hydrogens is 359 g/mol. The molecule has 2 aliphatic heterocycles. The fourth-order valence-electron chi connectivity index (χ4n) is 4.36. The summed E-state index contributed by atoms with van der Waals surface area (Å²) in [5.41, 5.74) is 1.84. The monoisotopic (exact) mass is 388 g/mol. The summed E-state index contributed by atoms with van der Waals surface area (Å²) >= 11 is 0. The molecule has 0 saturated carbocycles. The van der Waals surface area contributed by atoms with Gasteiger partial charge in [0.1, 0.15) is 5.82 Å². The van der Waals surface area contributed by atoms with Crippen molar-refractivity contribution in [1.82, 2.24) is 14.0 Å². The standard InChI is InChI=1S/C21H29FN4O2/c22-17-6-8-18(9-7-17)24-15-13-23(14-16-24)10-3-4-12-26-20(27)19-5-1-2-11-25(19)21(26)28/h6-9,27H,1-5,10-16H2. The highest BCUT2D eigenvalue weighted by Gasteiger charge is 2.21. The van der Waals surface area contributed by atoms with Gasteiger partial charge in [0.05, 0.1) is 5.69 Å². The van der Waals surface area contributed by atoms with E-state index in [0.717, 1.165) is 82.8 Å². The maximum atomic E-state index is 13.1. The molecule has 1 saturated heterocycles. The molecule has 0 amide bonds. The average molecular weight is 388 g/mol. The number of rotatable bonds is 6. The van der Waals surface area contributed by atoms with E-state index >= 15 is 0 Å². The average Bonchev–Trinajstić information content (AvgIpc) is 2.97. The number of nitrogens with zero attached hydrogens (tertiary/aromatic N) is 4. The van der Waals surface area contributed by atoms with Gasteiger partial charge in [0.25, 0.3) is 0 Å². The Morgan fingerprint density at radius 2 is 1.64 bits per heavy atom. The molecule has 0 bridgehead atoms. The number of halogens is 1. The molecule has 0 atom stereocenters. The van der Waals surface area contributed by atoms with E-state index in [1.54, 1.807) is 9.13 Å². The molecule has 0 radical (unpaired) electrons. The first-order chi connectivity index (χ1) is 13.6. The molecule has 0 spiro atoms. The minimum absolute atomic E-state index is 0.0555. The SMILES string of the molecule is O=c1n(CCCCN2CCN(c3ccc(F)cc3)CC2)c(O)c2n1CCCC2. The third-order valence-corrected chi connectivity index (χ3v) is 6.02. The van der Waals surface area contributed by atoms with Crippen molar-refractivity contribution < 1.29 is 9.50 Å². The Balaban J connectivity index is 1.22. The highest BCUT2D eigenvalue weighted by molar-refractivity contribution is 5.46. The maximum Gasteiger partial charge on any atom is 0.331 e. The quantitative estimate of drug-likeness (QED) is 0.773. The largest absolute Gasteiger partial charge is 0.493 e. The third-order valence-electron chi connectivity index (χ3n) is 6.02. The summed E-state index contributed by atoms with van der Waals surface area (Å²) in [5, 5.41) is 10.4. The van der Waals surface area contributed by atoms with Crippen LogP contribution in [0.3, 0.4) is 0 Å². The molecule has 3 heterocycles. The Morgan fingerprint density at radius 1 is 0.929 bits per heavy atom. The zero-order chi connectivity index (χ0) is 19.5. The summed E-state index contributed by atoms with van der Waals surface area (Å²) in [4.78, 5) is 17.2. The van der Waals surface area contributed by atoms with Gasteiger partial charge in [-0.3, -0.25) is 14.0 Å². The molecule has 1 aromatic heterocycles. The third kappa shape index (κ3) is 3.94. The number of piperazine rings is 1. The van der Waals surface area contributed by atoms with Crippen LogP contribution in [0.5, 0.6) is 5.88 Å². The second kappa shape index (κ2) is 8.39. The van der Waals surface area contributed by atoms with Gasteiger partial charge in [-0.2, -0.15) is 0 Å². The van der Waals surface area contributed by atoms with Gasteiger partial charge < -0.3 is 10.0 Å². The number of fused-ring (bicyclic) bond motifs is 1. The van der Waals surface area contributed by atoms with Crippen molar-refractivity contribution in [3.05, 3.63) is 46.3 Å². The van der Waals surface area contributed by atoms with E-state index in [0.29, 0.717) is 6.54 Å². The summed E-state index contributed by atoms with van der Waals surface area (Å²) in [7, 11) is 0. The number of anilines is 1. The first kappa shape index (κ1) is 19.1. The topological polar surface area (TPSA) is 53.6 Å². The second-order valence-corrected chi connectivity index (χ2v) is 7.83. The van der Waals surface area contributed by atoms with Crippen LogP contribution in [0.2, 0.25) is 0 Å². The van der Waals surface area contributed by atoms with Crippen molar-refractivity contribution in [2.24, 2.45) is 0 Å². The van der Waals surface area contributed by atoms with Gasteiger partial charge in [-0.05, 0) is 62.9 Å². The van der Waals surface area contributed by atoms with E-state index in [-0.39, 0.29) is 17.4 Å². The summed E-state index contributed by atoms with van der Waals surface area (Å²) in [6.45, 7) is 6.18. The highest BCUT2D eigenvalue weighted by atomic mass is 19.1. The zero-order valence-corrected chi connectivity index (χ0v) is 16.3. The maximum absolute atomic E-state index is 13.1. The van der Waals surface area contributed by atoms with Gasteiger partial charge in [0, 0.05) is 45.0 Å². The van der Waals surface area contributed by atoms with Crippen LogP contribution in [0.1, 0.15) is 31.4 Å². The molecule has 28 heavy (non-hydrogen) atoms. The number of hydrogen-bond acceptors (Lipinski definition) is 4. The van der Waals surface area contributed by atoms with Gasteiger partial charge in [0.15, 0.2) is 0 Å². The van der Waals surface area contributed by atoms with Crippen molar-refractivity contribution in [3.8, 4) is 5.88 Å². The van der Waals surface area contributed by atoms with E-state index < -0.39 is 0 Å². The highest BCUT2D eigenvalue weighted by Crippen LogP contribution is 2.23. The second-order valence-electron chi connectivity index (χ2n) is 7.83. The van der Waals surface area contributed by atoms with Gasteiger partial charge in [-0.25, -0.2) is 9.18 Å². The Labute approximate surface area is 164 Å². The predicted octanol–water partition coefficient (Wildman–Crippen LogP) is 2.43. The van der Waals surface area contributed by atoms with Gasteiger partial charge >= 0.3 is 5.69 Å². The molecule has 4 rings (SSSR count). The molecule has 152 valence electrons. The lowest BCUT2D eigenvalue weighted by Crippen LogP contribution is -2.46. The van der Waals surface area contributed by atoms with Crippen LogP contribution >= 0.6 is 0 Å². The number of aromatic nitrogens is 2. The Kier molecular flexibility index (Phi) is 5.71. The van der Waals surface area contributed by atoms with E-state index in [4.69, 9.17) is 0 Å². The summed E-state index contributed by atoms with van der Waals surface area (Å²) in [6, 6.07) is 6.71. The molecule has 1 aromatic carbocycles. The number of imidazole rings is 1. The molecule has 2 aromatic rings. The molecule has 2 aliphatic rings. The first-order valence-electron chi connectivity index (χ1n) is 10.4. The van der Waals surface area contributed by atoms with E-state index in [9.17, 15) is 14.3 Å².